The van der Waals surface area contributed by atoms with Crippen LogP contribution in [0.4, 0.5) is 10.7 Å². The molecule has 8 heteroatoms. The number of nitrogens with one attached hydrogen (secondary N) is 2. The lowest BCUT2D eigenvalue weighted by atomic mass is 9.88. The Hall–Kier alpha value is -3.65. The second kappa shape index (κ2) is 10.1. The largest absolute Gasteiger partial charge is 0.481 e. The Balaban J connectivity index is 1.41. The number of nitrogens with two attached hydrogens (primary N) is 1. The number of thiophene rings is 1. The first kappa shape index (κ1) is 23.5. The van der Waals surface area contributed by atoms with E-state index in [0.29, 0.717) is 33.5 Å². The average Bonchev–Trinajstić information content (AvgIpc) is 3.17. The quantitative estimate of drug-likeness (QED) is 0.461. The molecule has 0 fully saturated rings. The van der Waals surface area contributed by atoms with Crippen LogP contribution in [0.15, 0.2) is 54.6 Å². The maximum Gasteiger partial charge on any atom is 0.265 e. The van der Waals surface area contributed by atoms with Gasteiger partial charge in [-0.1, -0.05) is 25.1 Å². The van der Waals surface area contributed by atoms with Crippen molar-refractivity contribution in [2.75, 3.05) is 10.6 Å². The maximum atomic E-state index is 12.8. The summed E-state index contributed by atoms with van der Waals surface area (Å²) in [5.74, 6) is -0.127. The Bertz CT molecular complexity index is 1200. The Labute approximate surface area is 202 Å². The summed E-state index contributed by atoms with van der Waals surface area (Å²) in [6.07, 6.45) is 1.96. The lowest BCUT2D eigenvalue weighted by molar-refractivity contribution is -0.122. The number of rotatable bonds is 7. The molecule has 0 unspecified atom stereocenters. The third-order valence-corrected chi connectivity index (χ3v) is 6.99. The molecule has 0 radical (unpaired) electrons. The number of carbonyl (C=O) groups is 3. The molecule has 1 aliphatic carbocycles. The Kier molecular flexibility index (Phi) is 6.98. The molecule has 4 rings (SSSR count). The minimum atomic E-state index is -0.724. The lowest BCUT2D eigenvalue weighted by Gasteiger charge is -2.18. The van der Waals surface area contributed by atoms with Crippen molar-refractivity contribution in [2.45, 2.75) is 39.2 Å². The van der Waals surface area contributed by atoms with Crippen LogP contribution in [0.25, 0.3) is 0 Å². The summed E-state index contributed by atoms with van der Waals surface area (Å²) in [5, 5.41) is 6.15. The van der Waals surface area contributed by atoms with E-state index >= 15 is 0 Å². The number of benzene rings is 2. The molecular formula is C26H27N3O4S. The molecule has 4 N–H and O–H groups in total. The molecule has 176 valence electrons. The molecule has 3 amide bonds. The first-order valence-corrected chi connectivity index (χ1v) is 12.0. The van der Waals surface area contributed by atoms with E-state index in [1.807, 2.05) is 18.2 Å². The van der Waals surface area contributed by atoms with Gasteiger partial charge in [-0.15, -0.1) is 11.3 Å². The Morgan fingerprint density at radius 2 is 1.76 bits per heavy atom. The van der Waals surface area contributed by atoms with Crippen LogP contribution in [0.3, 0.4) is 0 Å². The van der Waals surface area contributed by atoms with Gasteiger partial charge >= 0.3 is 0 Å². The smallest absolute Gasteiger partial charge is 0.265 e. The minimum absolute atomic E-state index is 0.275. The number of hydrogen-bond donors (Lipinski definition) is 3. The van der Waals surface area contributed by atoms with Crippen LogP contribution in [-0.4, -0.2) is 23.8 Å². The zero-order valence-electron chi connectivity index (χ0n) is 19.1. The van der Waals surface area contributed by atoms with Gasteiger partial charge in [-0.05, 0) is 74.1 Å². The first-order chi connectivity index (χ1) is 16.3. The van der Waals surface area contributed by atoms with Crippen molar-refractivity contribution in [3.05, 3.63) is 76.2 Å². The molecule has 1 aromatic heterocycles. The van der Waals surface area contributed by atoms with Gasteiger partial charge in [0.2, 0.25) is 0 Å². The normalized spacial score (nSPS) is 15.6. The number of fused-ring (bicyclic) bond motifs is 1. The molecule has 2 aromatic carbocycles. The average molecular weight is 478 g/mol. The van der Waals surface area contributed by atoms with Crippen molar-refractivity contribution in [3.63, 3.8) is 0 Å². The highest BCUT2D eigenvalue weighted by atomic mass is 32.1. The van der Waals surface area contributed by atoms with Gasteiger partial charge in [-0.25, -0.2) is 0 Å². The van der Waals surface area contributed by atoms with Crippen LogP contribution in [-0.2, 0) is 17.6 Å². The topological polar surface area (TPSA) is 111 Å². The van der Waals surface area contributed by atoms with Crippen molar-refractivity contribution in [2.24, 2.45) is 11.7 Å². The van der Waals surface area contributed by atoms with E-state index in [9.17, 15) is 14.4 Å². The van der Waals surface area contributed by atoms with Gasteiger partial charge in [-0.2, -0.15) is 0 Å². The van der Waals surface area contributed by atoms with Crippen molar-refractivity contribution >= 4 is 39.7 Å². The molecule has 1 heterocycles. The van der Waals surface area contributed by atoms with Crippen molar-refractivity contribution in [1.82, 2.24) is 0 Å². The maximum absolute atomic E-state index is 12.8. The van der Waals surface area contributed by atoms with Gasteiger partial charge in [0.1, 0.15) is 10.8 Å². The Morgan fingerprint density at radius 1 is 1.06 bits per heavy atom. The van der Waals surface area contributed by atoms with Gasteiger partial charge in [0.05, 0.1) is 5.56 Å². The number of para-hydroxylation sites is 1. The molecule has 2 atom stereocenters. The molecule has 0 bridgehead atoms. The number of carbonyl (C=O) groups excluding carboxylic acids is 3. The van der Waals surface area contributed by atoms with Crippen LogP contribution < -0.4 is 21.1 Å². The molecule has 7 nitrogen and oxygen atoms in total. The van der Waals surface area contributed by atoms with Crippen LogP contribution >= 0.6 is 11.3 Å². The third-order valence-electron chi connectivity index (χ3n) is 5.83. The highest BCUT2D eigenvalue weighted by Crippen LogP contribution is 2.39. The van der Waals surface area contributed by atoms with Gasteiger partial charge in [0, 0.05) is 16.1 Å². The fourth-order valence-corrected chi connectivity index (χ4v) is 5.39. The number of amides is 3. The predicted octanol–water partition coefficient (Wildman–Crippen LogP) is 4.63. The number of hydrogen-bond acceptors (Lipinski definition) is 5. The summed E-state index contributed by atoms with van der Waals surface area (Å²) in [6, 6.07) is 15.6. The highest BCUT2D eigenvalue weighted by molar-refractivity contribution is 7.17. The molecule has 1 aliphatic rings. The van der Waals surface area contributed by atoms with Crippen molar-refractivity contribution < 1.29 is 19.1 Å². The van der Waals surface area contributed by atoms with E-state index in [-0.39, 0.29) is 11.8 Å². The predicted molar refractivity (Wildman–Crippen MR) is 134 cm³/mol. The standard InChI is InChI=1S/C26H27N3O4S/c1-15-8-13-20-21(14-15)34-26(22(20)23(27)30)29-25(32)17-9-11-19(12-10-17)33-16(2)24(31)28-18-6-4-3-5-7-18/h3-7,9-12,15-16H,8,13-14H2,1-2H3,(H2,27,30)(H,28,31)(H,29,32)/t15-,16-/m0/s1. The molecular weight excluding hydrogens is 450 g/mol. The zero-order valence-corrected chi connectivity index (χ0v) is 19.9. The Morgan fingerprint density at radius 3 is 2.44 bits per heavy atom. The summed E-state index contributed by atoms with van der Waals surface area (Å²) in [4.78, 5) is 38.4. The second-order valence-electron chi connectivity index (χ2n) is 8.51. The van der Waals surface area contributed by atoms with Gasteiger partial charge in [0.15, 0.2) is 6.10 Å². The van der Waals surface area contributed by atoms with Gasteiger partial charge in [-0.3, -0.25) is 14.4 Å². The van der Waals surface area contributed by atoms with Gasteiger partial charge in [0.25, 0.3) is 17.7 Å². The van der Waals surface area contributed by atoms with Crippen molar-refractivity contribution in [1.29, 1.82) is 0 Å². The van der Waals surface area contributed by atoms with Crippen LogP contribution in [0.5, 0.6) is 5.75 Å². The summed E-state index contributed by atoms with van der Waals surface area (Å²) >= 11 is 1.43. The third kappa shape index (κ3) is 5.28. The molecule has 0 saturated carbocycles. The zero-order chi connectivity index (χ0) is 24.2. The minimum Gasteiger partial charge on any atom is -0.481 e. The number of ether oxygens (including phenoxy) is 1. The van der Waals surface area contributed by atoms with E-state index in [1.54, 1.807) is 43.3 Å². The van der Waals surface area contributed by atoms with Crippen LogP contribution in [0.2, 0.25) is 0 Å². The molecule has 0 aliphatic heterocycles. The number of primary amides is 1. The number of anilines is 2. The second-order valence-corrected chi connectivity index (χ2v) is 9.62. The molecule has 3 aromatic rings. The van der Waals surface area contributed by atoms with Crippen LogP contribution in [0.1, 0.15) is 51.4 Å². The first-order valence-electron chi connectivity index (χ1n) is 11.2. The van der Waals surface area contributed by atoms with E-state index < -0.39 is 12.0 Å². The van der Waals surface area contributed by atoms with E-state index in [4.69, 9.17) is 10.5 Å². The summed E-state index contributed by atoms with van der Waals surface area (Å²) < 4.78 is 5.71. The van der Waals surface area contributed by atoms with Crippen molar-refractivity contribution in [3.8, 4) is 5.75 Å². The fourth-order valence-electron chi connectivity index (χ4n) is 3.98. The summed E-state index contributed by atoms with van der Waals surface area (Å²) in [7, 11) is 0. The summed E-state index contributed by atoms with van der Waals surface area (Å²) in [5.41, 5.74) is 8.13. The van der Waals surface area contributed by atoms with Gasteiger partial charge < -0.3 is 21.1 Å². The van der Waals surface area contributed by atoms with E-state index in [2.05, 4.69) is 17.6 Å². The molecule has 34 heavy (non-hydrogen) atoms. The molecule has 0 spiro atoms. The monoisotopic (exact) mass is 477 g/mol. The fraction of sp³-hybridized carbons (Fsp3) is 0.269. The van der Waals surface area contributed by atoms with Crippen LogP contribution in [0, 0.1) is 5.92 Å². The molecule has 0 saturated heterocycles. The lowest BCUT2D eigenvalue weighted by Crippen LogP contribution is -2.30. The van der Waals surface area contributed by atoms with E-state index in [0.717, 1.165) is 29.7 Å². The summed E-state index contributed by atoms with van der Waals surface area (Å²) in [6.45, 7) is 3.84. The highest BCUT2D eigenvalue weighted by Gasteiger charge is 2.27. The SMILES string of the molecule is C[C@H]1CCc2c(sc(NC(=O)c3ccc(O[C@@H](C)C(=O)Nc4ccccc4)cc3)c2C(N)=O)C1. The van der Waals surface area contributed by atoms with E-state index in [1.165, 1.54) is 11.3 Å².